The van der Waals surface area contributed by atoms with Crippen LogP contribution in [0.2, 0.25) is 0 Å². The monoisotopic (exact) mass is 373 g/mol. The SMILES string of the molecule is CCOC(=O)C1CNCC1C(=O)Nc1ccc(-n2ccccc2=O)cc1F. The Balaban J connectivity index is 1.76. The van der Waals surface area contributed by atoms with Crippen LogP contribution < -0.4 is 16.2 Å². The summed E-state index contributed by atoms with van der Waals surface area (Å²) in [5, 5.41) is 5.51. The molecule has 27 heavy (non-hydrogen) atoms. The Kier molecular flexibility index (Phi) is 5.66. The number of carbonyl (C=O) groups is 2. The fourth-order valence-corrected chi connectivity index (χ4v) is 3.07. The van der Waals surface area contributed by atoms with Crippen molar-refractivity contribution in [2.24, 2.45) is 11.8 Å². The molecule has 2 N–H and O–H groups in total. The summed E-state index contributed by atoms with van der Waals surface area (Å²) >= 11 is 0. The van der Waals surface area contributed by atoms with Gasteiger partial charge in [0.05, 0.1) is 29.8 Å². The molecule has 1 aliphatic heterocycles. The van der Waals surface area contributed by atoms with Crippen molar-refractivity contribution in [3.63, 3.8) is 0 Å². The van der Waals surface area contributed by atoms with Gasteiger partial charge in [-0.15, -0.1) is 0 Å². The maximum Gasteiger partial charge on any atom is 0.311 e. The van der Waals surface area contributed by atoms with E-state index >= 15 is 0 Å². The lowest BCUT2D eigenvalue weighted by Gasteiger charge is -2.17. The predicted molar refractivity (Wildman–Crippen MR) is 97.1 cm³/mol. The molecule has 1 fully saturated rings. The van der Waals surface area contributed by atoms with Gasteiger partial charge in [0.2, 0.25) is 5.91 Å². The van der Waals surface area contributed by atoms with Gasteiger partial charge in [-0.25, -0.2) is 4.39 Å². The van der Waals surface area contributed by atoms with E-state index in [0.29, 0.717) is 18.8 Å². The lowest BCUT2D eigenvalue weighted by atomic mass is 9.95. The van der Waals surface area contributed by atoms with Crippen molar-refractivity contribution in [1.82, 2.24) is 9.88 Å². The Morgan fingerprint density at radius 2 is 2.04 bits per heavy atom. The van der Waals surface area contributed by atoms with Gasteiger partial charge < -0.3 is 15.4 Å². The number of nitrogens with one attached hydrogen (secondary N) is 2. The molecule has 7 nitrogen and oxygen atoms in total. The first kappa shape index (κ1) is 18.8. The number of carbonyl (C=O) groups excluding carboxylic acids is 2. The third-order valence-corrected chi connectivity index (χ3v) is 4.45. The van der Waals surface area contributed by atoms with Crippen molar-refractivity contribution in [2.45, 2.75) is 6.92 Å². The van der Waals surface area contributed by atoms with Crippen LogP contribution in [0.25, 0.3) is 5.69 Å². The van der Waals surface area contributed by atoms with Crippen molar-refractivity contribution in [1.29, 1.82) is 0 Å². The summed E-state index contributed by atoms with van der Waals surface area (Å²) < 4.78 is 20.7. The maximum absolute atomic E-state index is 14.5. The largest absolute Gasteiger partial charge is 0.466 e. The molecule has 2 aromatic rings. The topological polar surface area (TPSA) is 89.4 Å². The van der Waals surface area contributed by atoms with E-state index in [9.17, 15) is 18.8 Å². The summed E-state index contributed by atoms with van der Waals surface area (Å²) in [6.07, 6.45) is 1.53. The highest BCUT2D eigenvalue weighted by atomic mass is 19.1. The van der Waals surface area contributed by atoms with Crippen LogP contribution in [0.15, 0.2) is 47.4 Å². The van der Waals surface area contributed by atoms with Crippen LogP contribution in [0.3, 0.4) is 0 Å². The minimum atomic E-state index is -0.671. The van der Waals surface area contributed by atoms with E-state index in [2.05, 4.69) is 10.6 Å². The summed E-state index contributed by atoms with van der Waals surface area (Å²) in [6, 6.07) is 8.74. The molecule has 1 aromatic heterocycles. The molecule has 1 aliphatic rings. The van der Waals surface area contributed by atoms with Crippen LogP contribution in [0.4, 0.5) is 10.1 Å². The van der Waals surface area contributed by atoms with Gasteiger partial charge in [-0.2, -0.15) is 0 Å². The van der Waals surface area contributed by atoms with Gasteiger partial charge in [0.25, 0.3) is 5.56 Å². The Labute approximate surface area is 155 Å². The minimum Gasteiger partial charge on any atom is -0.466 e. The second kappa shape index (κ2) is 8.13. The van der Waals surface area contributed by atoms with Crippen molar-refractivity contribution >= 4 is 17.6 Å². The zero-order chi connectivity index (χ0) is 19.4. The third-order valence-electron chi connectivity index (χ3n) is 4.45. The van der Waals surface area contributed by atoms with Crippen molar-refractivity contribution in [2.75, 3.05) is 25.0 Å². The molecule has 2 atom stereocenters. The van der Waals surface area contributed by atoms with Gasteiger partial charge in [0, 0.05) is 31.4 Å². The number of nitrogens with zero attached hydrogens (tertiary/aromatic N) is 1. The fraction of sp³-hybridized carbons (Fsp3) is 0.316. The van der Waals surface area contributed by atoms with Crippen LogP contribution in [-0.2, 0) is 14.3 Å². The number of rotatable bonds is 5. The second-order valence-electron chi connectivity index (χ2n) is 6.19. The molecule has 3 rings (SSSR count). The minimum absolute atomic E-state index is 0.0118. The average molecular weight is 373 g/mol. The molecular formula is C19H20FN3O4. The smallest absolute Gasteiger partial charge is 0.311 e. The Bertz CT molecular complexity index is 912. The van der Waals surface area contributed by atoms with E-state index in [0.717, 1.165) is 0 Å². The predicted octanol–water partition coefficient (Wildman–Crippen LogP) is 1.31. The molecule has 2 unspecified atom stereocenters. The summed E-state index contributed by atoms with van der Waals surface area (Å²) in [5.41, 5.74) is 0.0493. The van der Waals surface area contributed by atoms with E-state index in [-0.39, 0.29) is 17.9 Å². The van der Waals surface area contributed by atoms with Gasteiger partial charge in [-0.1, -0.05) is 6.07 Å². The van der Waals surface area contributed by atoms with Crippen LogP contribution in [0.5, 0.6) is 0 Å². The van der Waals surface area contributed by atoms with Crippen LogP contribution in [0.1, 0.15) is 6.92 Å². The third kappa shape index (κ3) is 4.06. The molecule has 1 aromatic carbocycles. The second-order valence-corrected chi connectivity index (χ2v) is 6.19. The van der Waals surface area contributed by atoms with E-state index < -0.39 is 29.5 Å². The van der Waals surface area contributed by atoms with E-state index in [4.69, 9.17) is 4.74 Å². The normalized spacial score (nSPS) is 18.9. The first-order valence-electron chi connectivity index (χ1n) is 8.67. The van der Waals surface area contributed by atoms with Crippen LogP contribution >= 0.6 is 0 Å². The van der Waals surface area contributed by atoms with Gasteiger partial charge in [0.15, 0.2) is 0 Å². The quantitative estimate of drug-likeness (QED) is 0.772. The number of hydrogen-bond donors (Lipinski definition) is 2. The number of hydrogen-bond acceptors (Lipinski definition) is 5. The lowest BCUT2D eigenvalue weighted by Crippen LogP contribution is -2.34. The summed E-state index contributed by atoms with van der Waals surface area (Å²) in [7, 11) is 0. The van der Waals surface area contributed by atoms with Gasteiger partial charge >= 0.3 is 5.97 Å². The molecule has 1 saturated heterocycles. The van der Waals surface area contributed by atoms with Crippen LogP contribution in [-0.4, -0.2) is 36.1 Å². The zero-order valence-corrected chi connectivity index (χ0v) is 14.8. The average Bonchev–Trinajstić information content (AvgIpc) is 3.14. The first-order chi connectivity index (χ1) is 13.0. The van der Waals surface area contributed by atoms with E-state index in [1.165, 1.54) is 35.0 Å². The highest BCUT2D eigenvalue weighted by molar-refractivity contribution is 5.96. The molecule has 142 valence electrons. The van der Waals surface area contributed by atoms with Crippen LogP contribution in [0, 0.1) is 17.7 Å². The summed E-state index contributed by atoms with van der Waals surface area (Å²) in [5.74, 6) is -2.81. The standard InChI is InChI=1S/C19H20FN3O4/c1-2-27-19(26)14-11-21-10-13(14)18(25)22-16-7-6-12(9-15(16)20)23-8-4-3-5-17(23)24/h3-9,13-14,21H,2,10-11H2,1H3,(H,22,25). The van der Waals surface area contributed by atoms with Gasteiger partial charge in [-0.05, 0) is 25.1 Å². The van der Waals surface area contributed by atoms with Gasteiger partial charge in [0.1, 0.15) is 5.82 Å². The lowest BCUT2D eigenvalue weighted by molar-refractivity contribution is -0.150. The fourth-order valence-electron chi connectivity index (χ4n) is 3.07. The molecule has 8 heteroatoms. The number of anilines is 1. The Hall–Kier alpha value is -3.00. The number of amides is 1. The maximum atomic E-state index is 14.5. The number of ether oxygens (including phenoxy) is 1. The first-order valence-corrected chi connectivity index (χ1v) is 8.67. The number of aromatic nitrogens is 1. The number of benzene rings is 1. The highest BCUT2D eigenvalue weighted by Gasteiger charge is 2.38. The molecule has 0 aliphatic carbocycles. The van der Waals surface area contributed by atoms with Crippen molar-refractivity contribution in [3.05, 3.63) is 58.8 Å². The van der Waals surface area contributed by atoms with Crippen molar-refractivity contribution < 1.29 is 18.7 Å². The summed E-state index contributed by atoms with van der Waals surface area (Å²) in [6.45, 7) is 2.59. The zero-order valence-electron chi connectivity index (χ0n) is 14.8. The molecule has 1 amide bonds. The molecule has 0 spiro atoms. The van der Waals surface area contributed by atoms with Gasteiger partial charge in [-0.3, -0.25) is 19.0 Å². The van der Waals surface area contributed by atoms with Crippen molar-refractivity contribution in [3.8, 4) is 5.69 Å². The van der Waals surface area contributed by atoms with E-state index in [1.807, 2.05) is 0 Å². The molecule has 2 heterocycles. The number of esters is 1. The summed E-state index contributed by atoms with van der Waals surface area (Å²) in [4.78, 5) is 36.3. The molecular weight excluding hydrogens is 353 g/mol. The van der Waals surface area contributed by atoms with E-state index in [1.54, 1.807) is 19.1 Å². The molecule has 0 bridgehead atoms. The number of pyridine rings is 1. The molecule has 0 saturated carbocycles. The number of halogens is 1. The highest BCUT2D eigenvalue weighted by Crippen LogP contribution is 2.23. The molecule has 0 radical (unpaired) electrons. The Morgan fingerprint density at radius 1 is 1.26 bits per heavy atom. The Morgan fingerprint density at radius 3 is 2.74 bits per heavy atom.